The first-order valence-corrected chi connectivity index (χ1v) is 10.5. The van der Waals surface area contributed by atoms with Gasteiger partial charge in [-0.3, -0.25) is 18.6 Å². The van der Waals surface area contributed by atoms with Crippen LogP contribution in [0.4, 0.5) is 0 Å². The summed E-state index contributed by atoms with van der Waals surface area (Å²) < 4.78 is 3.54. The van der Waals surface area contributed by atoms with Gasteiger partial charge in [-0.1, -0.05) is 60.6 Å². The van der Waals surface area contributed by atoms with Gasteiger partial charge in [0.2, 0.25) is 5.78 Å². The van der Waals surface area contributed by atoms with Crippen molar-refractivity contribution in [2.75, 3.05) is 0 Å². The Kier molecular flexibility index (Phi) is 5.24. The maximum Gasteiger partial charge on any atom is 0.262 e. The highest BCUT2D eigenvalue weighted by molar-refractivity contribution is 8.00. The Balaban J connectivity index is 1.79. The third-order valence-electron chi connectivity index (χ3n) is 4.91. The molecule has 0 spiro atoms. The van der Waals surface area contributed by atoms with Gasteiger partial charge >= 0.3 is 0 Å². The van der Waals surface area contributed by atoms with E-state index in [1.807, 2.05) is 73.7 Å². The van der Waals surface area contributed by atoms with Crippen molar-refractivity contribution in [2.45, 2.75) is 44.1 Å². The van der Waals surface area contributed by atoms with Crippen molar-refractivity contribution < 1.29 is 4.79 Å². The first kappa shape index (κ1) is 19.4. The van der Waals surface area contributed by atoms with E-state index in [-0.39, 0.29) is 16.6 Å². The Hall–Kier alpha value is -2.93. The molecule has 4 rings (SSSR count). The topological polar surface area (TPSA) is 69.3 Å². The van der Waals surface area contributed by atoms with Crippen LogP contribution in [0.5, 0.6) is 0 Å². The molecular formula is C22H22N4O2S. The lowest BCUT2D eigenvalue weighted by Crippen LogP contribution is -2.23. The molecule has 0 amide bonds. The minimum atomic E-state index is -0.338. The van der Waals surface area contributed by atoms with Crippen LogP contribution in [0.1, 0.15) is 36.2 Å². The number of hydrogen-bond acceptors (Lipinski definition) is 5. The largest absolute Gasteiger partial charge is 0.293 e. The minimum Gasteiger partial charge on any atom is -0.293 e. The normalized spacial score (nSPS) is 12.5. The van der Waals surface area contributed by atoms with Crippen molar-refractivity contribution in [1.29, 1.82) is 0 Å². The number of aryl methyl sites for hydroxylation is 2. The monoisotopic (exact) mass is 406 g/mol. The fourth-order valence-corrected chi connectivity index (χ4v) is 4.33. The highest BCUT2D eigenvalue weighted by Gasteiger charge is 2.22. The van der Waals surface area contributed by atoms with Crippen LogP contribution in [0.15, 0.2) is 58.5 Å². The molecule has 4 aromatic rings. The van der Waals surface area contributed by atoms with Crippen molar-refractivity contribution in [3.8, 4) is 0 Å². The number of Topliss-reactive ketones (excluding diaryl/α,β-unsaturated/α-hetero) is 1. The molecule has 29 heavy (non-hydrogen) atoms. The quantitative estimate of drug-likeness (QED) is 0.356. The first-order valence-electron chi connectivity index (χ1n) is 9.65. The molecule has 0 aliphatic carbocycles. The van der Waals surface area contributed by atoms with Gasteiger partial charge in [0.25, 0.3) is 5.56 Å². The van der Waals surface area contributed by atoms with Gasteiger partial charge in [0.05, 0.1) is 16.2 Å². The fourth-order valence-electron chi connectivity index (χ4n) is 3.40. The molecule has 0 N–H and O–H groups in total. The van der Waals surface area contributed by atoms with Crippen LogP contribution < -0.4 is 5.56 Å². The third-order valence-corrected chi connectivity index (χ3v) is 5.96. The average molecular weight is 407 g/mol. The van der Waals surface area contributed by atoms with E-state index in [4.69, 9.17) is 0 Å². The smallest absolute Gasteiger partial charge is 0.262 e. The molecule has 2 aromatic carbocycles. The summed E-state index contributed by atoms with van der Waals surface area (Å²) in [5.41, 5.74) is 2.48. The second-order valence-corrected chi connectivity index (χ2v) is 8.39. The fraction of sp³-hybridized carbons (Fsp3) is 0.273. The number of carbonyl (C=O) groups is 1. The molecule has 148 valence electrons. The van der Waals surface area contributed by atoms with Gasteiger partial charge < -0.3 is 0 Å². The number of fused-ring (bicyclic) bond motifs is 3. The van der Waals surface area contributed by atoms with Gasteiger partial charge in [-0.05, 0) is 32.4 Å². The number of nitrogens with zero attached hydrogens (tertiary/aromatic N) is 4. The molecule has 0 aliphatic heterocycles. The second kappa shape index (κ2) is 7.83. The SMILES string of the molecule is CCCn1c(=O)c2ccccc2n2c(SC(C)C(=O)c3ccc(C)cc3)nnc12. The summed E-state index contributed by atoms with van der Waals surface area (Å²) in [5, 5.41) is 9.50. The van der Waals surface area contributed by atoms with Crippen molar-refractivity contribution in [1.82, 2.24) is 19.2 Å². The average Bonchev–Trinajstić information content (AvgIpc) is 3.14. The number of aromatic nitrogens is 4. The number of benzene rings is 2. The molecule has 6 nitrogen and oxygen atoms in total. The predicted octanol–water partition coefficient (Wildman–Crippen LogP) is 4.13. The third kappa shape index (κ3) is 3.46. The molecular weight excluding hydrogens is 384 g/mol. The number of rotatable bonds is 6. The van der Waals surface area contributed by atoms with Crippen molar-refractivity contribution in [3.63, 3.8) is 0 Å². The van der Waals surface area contributed by atoms with E-state index >= 15 is 0 Å². The summed E-state index contributed by atoms with van der Waals surface area (Å²) in [6.45, 7) is 6.45. The molecule has 0 saturated carbocycles. The molecule has 2 heterocycles. The summed E-state index contributed by atoms with van der Waals surface area (Å²) >= 11 is 1.36. The van der Waals surface area contributed by atoms with Gasteiger partial charge in [0, 0.05) is 12.1 Å². The van der Waals surface area contributed by atoms with E-state index in [0.717, 1.165) is 17.5 Å². The van der Waals surface area contributed by atoms with E-state index < -0.39 is 0 Å². The van der Waals surface area contributed by atoms with Crippen molar-refractivity contribution >= 4 is 34.2 Å². The van der Waals surface area contributed by atoms with Crippen LogP contribution >= 0.6 is 11.8 Å². The Morgan fingerprint density at radius 3 is 2.55 bits per heavy atom. The Bertz CT molecular complexity index is 1260. The molecule has 0 radical (unpaired) electrons. The summed E-state index contributed by atoms with van der Waals surface area (Å²) in [6, 6.07) is 15.0. The molecule has 1 atom stereocenters. The standard InChI is InChI=1S/C22H22N4O2S/c1-4-13-25-20(28)17-7-5-6-8-18(17)26-21(25)23-24-22(26)29-15(3)19(27)16-11-9-14(2)10-12-16/h5-12,15H,4,13H2,1-3H3. The Morgan fingerprint density at radius 1 is 1.10 bits per heavy atom. The zero-order valence-corrected chi connectivity index (χ0v) is 17.4. The first-order chi connectivity index (χ1) is 14.0. The maximum atomic E-state index is 12.9. The highest BCUT2D eigenvalue weighted by Crippen LogP contribution is 2.27. The predicted molar refractivity (Wildman–Crippen MR) is 116 cm³/mol. The van der Waals surface area contributed by atoms with Crippen LogP contribution in [0.3, 0.4) is 0 Å². The summed E-state index contributed by atoms with van der Waals surface area (Å²) in [7, 11) is 0. The van der Waals surface area contributed by atoms with Crippen LogP contribution in [0.2, 0.25) is 0 Å². The highest BCUT2D eigenvalue weighted by atomic mass is 32.2. The molecule has 1 unspecified atom stereocenters. The summed E-state index contributed by atoms with van der Waals surface area (Å²) in [5.74, 6) is 0.547. The van der Waals surface area contributed by atoms with Gasteiger partial charge in [0.15, 0.2) is 10.9 Å². The van der Waals surface area contributed by atoms with E-state index in [1.165, 1.54) is 11.8 Å². The van der Waals surface area contributed by atoms with E-state index in [2.05, 4.69) is 10.2 Å². The summed E-state index contributed by atoms with van der Waals surface area (Å²) in [4.78, 5) is 25.8. The van der Waals surface area contributed by atoms with E-state index in [0.29, 0.717) is 28.4 Å². The zero-order chi connectivity index (χ0) is 20.5. The second-order valence-electron chi connectivity index (χ2n) is 7.08. The van der Waals surface area contributed by atoms with E-state index in [9.17, 15) is 9.59 Å². The minimum absolute atomic E-state index is 0.0398. The van der Waals surface area contributed by atoms with Crippen LogP contribution in [0, 0.1) is 6.92 Å². The molecule has 0 fully saturated rings. The van der Waals surface area contributed by atoms with Gasteiger partial charge in [0.1, 0.15) is 0 Å². The lowest BCUT2D eigenvalue weighted by Gasteiger charge is -2.12. The lowest BCUT2D eigenvalue weighted by atomic mass is 10.1. The molecule has 7 heteroatoms. The van der Waals surface area contributed by atoms with Crippen LogP contribution in [-0.2, 0) is 6.54 Å². The van der Waals surface area contributed by atoms with Gasteiger partial charge in [-0.25, -0.2) is 0 Å². The van der Waals surface area contributed by atoms with Crippen molar-refractivity contribution in [3.05, 3.63) is 70.0 Å². The van der Waals surface area contributed by atoms with Crippen LogP contribution in [0.25, 0.3) is 16.7 Å². The van der Waals surface area contributed by atoms with Crippen molar-refractivity contribution in [2.24, 2.45) is 0 Å². The molecule has 0 bridgehead atoms. The molecule has 0 saturated heterocycles. The van der Waals surface area contributed by atoms with Gasteiger partial charge in [-0.15, -0.1) is 10.2 Å². The van der Waals surface area contributed by atoms with Gasteiger partial charge in [-0.2, -0.15) is 0 Å². The molecule has 2 aromatic heterocycles. The number of hydrogen-bond donors (Lipinski definition) is 0. The maximum absolute atomic E-state index is 12.9. The Labute approximate surface area is 172 Å². The Morgan fingerprint density at radius 2 is 1.83 bits per heavy atom. The van der Waals surface area contributed by atoms with E-state index in [1.54, 1.807) is 4.57 Å². The number of carbonyl (C=O) groups excluding carboxylic acids is 1. The molecule has 0 aliphatic rings. The summed E-state index contributed by atoms with van der Waals surface area (Å²) in [6.07, 6.45) is 0.811. The zero-order valence-electron chi connectivity index (χ0n) is 16.6. The number of ketones is 1. The number of para-hydroxylation sites is 1. The lowest BCUT2D eigenvalue weighted by molar-refractivity contribution is 0.0994. The van der Waals surface area contributed by atoms with Crippen LogP contribution in [-0.4, -0.2) is 30.2 Å². The number of thioether (sulfide) groups is 1.